The van der Waals surface area contributed by atoms with Gasteiger partial charge in [-0.05, 0) is 15.9 Å². The van der Waals surface area contributed by atoms with Gasteiger partial charge >= 0.3 is 0 Å². The Morgan fingerprint density at radius 1 is 1.28 bits per heavy atom. The molecule has 0 fully saturated rings. The molecule has 0 unspecified atom stereocenters. The SMILES string of the molecule is CCC(=O)Cc1c(Br)cc([N+](=O)[O-])cc1[N+](=O)[O-]. The van der Waals surface area contributed by atoms with Crippen molar-refractivity contribution in [3.05, 3.63) is 42.4 Å². The topological polar surface area (TPSA) is 103 Å². The van der Waals surface area contributed by atoms with E-state index in [1.54, 1.807) is 6.92 Å². The summed E-state index contributed by atoms with van der Waals surface area (Å²) in [4.78, 5) is 31.4. The van der Waals surface area contributed by atoms with Crippen molar-refractivity contribution in [1.29, 1.82) is 0 Å². The Morgan fingerprint density at radius 2 is 1.89 bits per heavy atom. The van der Waals surface area contributed by atoms with E-state index in [0.717, 1.165) is 12.1 Å². The molecular weight excluding hydrogens is 308 g/mol. The van der Waals surface area contributed by atoms with Crippen molar-refractivity contribution in [2.45, 2.75) is 19.8 Å². The zero-order valence-electron chi connectivity index (χ0n) is 9.38. The average Bonchev–Trinajstić information content (AvgIpc) is 2.30. The second-order valence-corrected chi connectivity index (χ2v) is 4.36. The van der Waals surface area contributed by atoms with Crippen LogP contribution in [0.15, 0.2) is 16.6 Å². The smallest absolute Gasteiger partial charge is 0.281 e. The van der Waals surface area contributed by atoms with E-state index >= 15 is 0 Å². The normalized spacial score (nSPS) is 10.1. The fourth-order valence-corrected chi connectivity index (χ4v) is 1.95. The number of nitro groups is 2. The molecule has 96 valence electrons. The average molecular weight is 317 g/mol. The van der Waals surface area contributed by atoms with Crippen LogP contribution in [0.25, 0.3) is 0 Å². The van der Waals surface area contributed by atoms with Crippen LogP contribution in [0.4, 0.5) is 11.4 Å². The number of nitrogens with zero attached hydrogens (tertiary/aromatic N) is 2. The first-order valence-electron chi connectivity index (χ1n) is 4.99. The van der Waals surface area contributed by atoms with Gasteiger partial charge in [-0.2, -0.15) is 0 Å². The first-order chi connectivity index (χ1) is 8.36. The molecule has 0 bridgehead atoms. The van der Waals surface area contributed by atoms with Crippen LogP contribution in [-0.2, 0) is 11.2 Å². The van der Waals surface area contributed by atoms with E-state index in [2.05, 4.69) is 15.9 Å². The number of nitro benzene ring substituents is 2. The largest absolute Gasteiger partial charge is 0.299 e. The zero-order chi connectivity index (χ0) is 13.9. The van der Waals surface area contributed by atoms with Crippen molar-refractivity contribution in [1.82, 2.24) is 0 Å². The van der Waals surface area contributed by atoms with Gasteiger partial charge in [0.1, 0.15) is 5.78 Å². The van der Waals surface area contributed by atoms with Crippen LogP contribution in [0.5, 0.6) is 0 Å². The maximum atomic E-state index is 11.3. The Kier molecular flexibility index (Phi) is 4.49. The number of hydrogen-bond acceptors (Lipinski definition) is 5. The molecule has 1 aromatic carbocycles. The molecule has 1 rings (SSSR count). The van der Waals surface area contributed by atoms with Crippen molar-refractivity contribution < 1.29 is 14.6 Å². The van der Waals surface area contributed by atoms with Gasteiger partial charge in [-0.3, -0.25) is 25.0 Å². The monoisotopic (exact) mass is 316 g/mol. The number of carbonyl (C=O) groups excluding carboxylic acids is 1. The molecule has 0 spiro atoms. The number of rotatable bonds is 5. The Morgan fingerprint density at radius 3 is 2.33 bits per heavy atom. The third kappa shape index (κ3) is 3.10. The number of ketones is 1. The highest BCUT2D eigenvalue weighted by Crippen LogP contribution is 2.32. The molecule has 0 aromatic heterocycles. The maximum Gasteiger partial charge on any atom is 0.281 e. The summed E-state index contributed by atoms with van der Waals surface area (Å²) >= 11 is 3.03. The van der Waals surface area contributed by atoms with Crippen LogP contribution in [-0.4, -0.2) is 15.6 Å². The fraction of sp³-hybridized carbons (Fsp3) is 0.300. The quantitative estimate of drug-likeness (QED) is 0.613. The number of hydrogen-bond donors (Lipinski definition) is 0. The van der Waals surface area contributed by atoms with Crippen molar-refractivity contribution in [3.8, 4) is 0 Å². The molecular formula is C10H9BrN2O5. The third-order valence-electron chi connectivity index (χ3n) is 2.33. The first-order valence-corrected chi connectivity index (χ1v) is 5.79. The Balaban J connectivity index is 3.36. The highest BCUT2D eigenvalue weighted by atomic mass is 79.9. The highest BCUT2D eigenvalue weighted by Gasteiger charge is 2.24. The molecule has 18 heavy (non-hydrogen) atoms. The summed E-state index contributed by atoms with van der Waals surface area (Å²) in [7, 11) is 0. The predicted molar refractivity (Wildman–Crippen MR) is 66.5 cm³/mol. The van der Waals surface area contributed by atoms with E-state index in [1.165, 1.54) is 0 Å². The summed E-state index contributed by atoms with van der Waals surface area (Å²) in [5.41, 5.74) is -0.642. The number of Topliss-reactive ketones (excluding diaryl/α,β-unsaturated/α-hetero) is 1. The van der Waals surface area contributed by atoms with Gasteiger partial charge in [0.05, 0.1) is 21.5 Å². The lowest BCUT2D eigenvalue weighted by molar-refractivity contribution is -0.394. The van der Waals surface area contributed by atoms with E-state index in [1.807, 2.05) is 0 Å². The van der Waals surface area contributed by atoms with E-state index < -0.39 is 15.5 Å². The summed E-state index contributed by atoms with van der Waals surface area (Å²) in [6, 6.07) is 2.02. The lowest BCUT2D eigenvalue weighted by atomic mass is 10.0. The molecule has 0 saturated carbocycles. The van der Waals surface area contributed by atoms with Gasteiger partial charge in [0.25, 0.3) is 11.4 Å². The zero-order valence-corrected chi connectivity index (χ0v) is 11.0. The fourth-order valence-electron chi connectivity index (χ4n) is 1.37. The van der Waals surface area contributed by atoms with E-state index in [0.29, 0.717) is 0 Å². The van der Waals surface area contributed by atoms with Gasteiger partial charge in [0.2, 0.25) is 0 Å². The molecule has 0 N–H and O–H groups in total. The molecule has 0 aliphatic heterocycles. The lowest BCUT2D eigenvalue weighted by Crippen LogP contribution is -2.05. The standard InChI is InChI=1S/C10H9BrN2O5/c1-2-7(14)5-8-9(11)3-6(12(15)16)4-10(8)13(17)18/h3-4H,2,5H2,1H3. The maximum absolute atomic E-state index is 11.3. The minimum absolute atomic E-state index is 0.120. The molecule has 0 atom stereocenters. The van der Waals surface area contributed by atoms with Gasteiger partial charge in [-0.25, -0.2) is 0 Å². The van der Waals surface area contributed by atoms with Crippen LogP contribution in [0.1, 0.15) is 18.9 Å². The van der Waals surface area contributed by atoms with E-state index in [4.69, 9.17) is 0 Å². The number of non-ortho nitro benzene ring substituents is 1. The van der Waals surface area contributed by atoms with Crippen LogP contribution >= 0.6 is 15.9 Å². The second-order valence-electron chi connectivity index (χ2n) is 3.51. The number of benzene rings is 1. The van der Waals surface area contributed by atoms with Crippen molar-refractivity contribution in [2.24, 2.45) is 0 Å². The minimum atomic E-state index is -0.726. The van der Waals surface area contributed by atoms with Gasteiger partial charge in [0, 0.05) is 23.4 Å². The summed E-state index contributed by atoms with van der Waals surface area (Å²) in [5, 5.41) is 21.5. The first kappa shape index (κ1) is 14.2. The number of carbonyl (C=O) groups is 1. The van der Waals surface area contributed by atoms with Crippen molar-refractivity contribution >= 4 is 33.1 Å². The summed E-state index contributed by atoms with van der Waals surface area (Å²) in [5.74, 6) is -0.173. The number of halogens is 1. The molecule has 0 amide bonds. The molecule has 7 nitrogen and oxygen atoms in total. The van der Waals surface area contributed by atoms with Crippen LogP contribution in [0.2, 0.25) is 0 Å². The van der Waals surface area contributed by atoms with Crippen molar-refractivity contribution in [3.63, 3.8) is 0 Å². The lowest BCUT2D eigenvalue weighted by Gasteiger charge is -2.04. The molecule has 0 heterocycles. The van der Waals surface area contributed by atoms with Gasteiger partial charge < -0.3 is 0 Å². The Bertz CT molecular complexity index is 529. The van der Waals surface area contributed by atoms with Gasteiger partial charge in [0.15, 0.2) is 0 Å². The van der Waals surface area contributed by atoms with E-state index in [9.17, 15) is 25.0 Å². The molecule has 0 radical (unpaired) electrons. The van der Waals surface area contributed by atoms with Crippen LogP contribution < -0.4 is 0 Å². The molecule has 1 aromatic rings. The van der Waals surface area contributed by atoms with Crippen molar-refractivity contribution in [2.75, 3.05) is 0 Å². The highest BCUT2D eigenvalue weighted by molar-refractivity contribution is 9.10. The minimum Gasteiger partial charge on any atom is -0.299 e. The van der Waals surface area contributed by atoms with Gasteiger partial charge in [-0.15, -0.1) is 0 Å². The molecule has 8 heteroatoms. The van der Waals surface area contributed by atoms with Crippen LogP contribution in [0, 0.1) is 20.2 Å². The molecule has 0 saturated heterocycles. The Labute approximate surface area is 110 Å². The van der Waals surface area contributed by atoms with E-state index in [-0.39, 0.29) is 34.3 Å². The predicted octanol–water partition coefficient (Wildman–Crippen LogP) is 2.79. The second kappa shape index (κ2) is 5.67. The summed E-state index contributed by atoms with van der Waals surface area (Å²) in [6.07, 6.45) is 0.131. The third-order valence-corrected chi connectivity index (χ3v) is 3.04. The molecule has 0 aliphatic rings. The van der Waals surface area contributed by atoms with Gasteiger partial charge in [-0.1, -0.05) is 6.92 Å². The Hall–Kier alpha value is -1.83. The summed E-state index contributed by atoms with van der Waals surface area (Å²) < 4.78 is 0.199. The molecule has 0 aliphatic carbocycles. The summed E-state index contributed by atoms with van der Waals surface area (Å²) in [6.45, 7) is 1.65. The van der Waals surface area contributed by atoms with Crippen LogP contribution in [0.3, 0.4) is 0 Å².